The summed E-state index contributed by atoms with van der Waals surface area (Å²) in [5.41, 5.74) is 0.0216. The zero-order chi connectivity index (χ0) is 26.6. The molecule has 194 valence electrons. The largest absolute Gasteiger partial charge is 0.416 e. The maximum Gasteiger partial charge on any atom is 0.416 e. The monoisotopic (exact) mass is 533 g/mol. The molecule has 0 N–H and O–H groups in total. The molecule has 0 unspecified atom stereocenters. The summed E-state index contributed by atoms with van der Waals surface area (Å²) < 4.78 is 58.5. The van der Waals surface area contributed by atoms with Gasteiger partial charge >= 0.3 is 6.18 Å². The molecule has 0 saturated heterocycles. The molecule has 1 atom stereocenters. The first-order valence-corrected chi connectivity index (χ1v) is 12.2. The topological polar surface area (TPSA) is 62.2 Å². The van der Waals surface area contributed by atoms with E-state index in [1.165, 1.54) is 34.4 Å². The fourth-order valence-electron chi connectivity index (χ4n) is 3.99. The highest BCUT2D eigenvalue weighted by Gasteiger charge is 2.36. The molecule has 1 aromatic heterocycles. The number of thiophene rings is 1. The van der Waals surface area contributed by atoms with Crippen LogP contribution in [0, 0.1) is 5.82 Å². The second kappa shape index (κ2) is 11.2. The lowest BCUT2D eigenvalue weighted by atomic mass is 10.0. The average Bonchev–Trinajstić information content (AvgIpc) is 3.56. The predicted molar refractivity (Wildman–Crippen MR) is 131 cm³/mol. The zero-order valence-electron chi connectivity index (χ0n) is 19.7. The summed E-state index contributed by atoms with van der Waals surface area (Å²) in [5.74, 6) is -1.68. The summed E-state index contributed by atoms with van der Waals surface area (Å²) in [5, 5.41) is 7.54. The van der Waals surface area contributed by atoms with Crippen molar-refractivity contribution in [1.29, 1.82) is 0 Å². The van der Waals surface area contributed by atoms with Gasteiger partial charge in [-0.1, -0.05) is 24.3 Å². The molecule has 37 heavy (non-hydrogen) atoms. The third kappa shape index (κ3) is 6.05. The second-order valence-corrected chi connectivity index (χ2v) is 9.25. The molecule has 2 heterocycles. The lowest BCUT2D eigenvalue weighted by Crippen LogP contribution is -2.42. The molecule has 1 aliphatic heterocycles. The molecule has 1 aliphatic rings. The first-order chi connectivity index (χ1) is 17.7. The van der Waals surface area contributed by atoms with Crippen LogP contribution in [0.4, 0.5) is 17.6 Å². The fourth-order valence-corrected chi connectivity index (χ4v) is 4.71. The minimum Gasteiger partial charge on any atom is -0.383 e. The number of hydrogen-bond donors (Lipinski definition) is 0. The third-order valence-electron chi connectivity index (χ3n) is 5.87. The lowest BCUT2D eigenvalue weighted by Gasteiger charge is -2.27. The molecule has 0 bridgehead atoms. The van der Waals surface area contributed by atoms with Crippen molar-refractivity contribution in [1.82, 2.24) is 9.91 Å². The number of alkyl halides is 3. The van der Waals surface area contributed by atoms with Crippen molar-refractivity contribution < 1.29 is 31.9 Å². The van der Waals surface area contributed by atoms with E-state index in [9.17, 15) is 27.2 Å². The number of carbonyl (C=O) groups excluding carboxylic acids is 2. The molecule has 4 rings (SSSR count). The highest BCUT2D eigenvalue weighted by molar-refractivity contribution is 7.12. The van der Waals surface area contributed by atoms with E-state index in [0.717, 1.165) is 29.1 Å². The van der Waals surface area contributed by atoms with E-state index in [0.29, 0.717) is 11.3 Å². The van der Waals surface area contributed by atoms with Crippen molar-refractivity contribution in [2.24, 2.45) is 5.10 Å². The van der Waals surface area contributed by atoms with Gasteiger partial charge in [0.25, 0.3) is 11.8 Å². The van der Waals surface area contributed by atoms with Gasteiger partial charge in [-0.05, 0) is 41.8 Å². The van der Waals surface area contributed by atoms with Crippen LogP contribution in [0.1, 0.15) is 38.8 Å². The van der Waals surface area contributed by atoms with Crippen molar-refractivity contribution in [3.05, 3.63) is 93.4 Å². The average molecular weight is 534 g/mol. The van der Waals surface area contributed by atoms with Crippen LogP contribution in [0.5, 0.6) is 0 Å². The molecule has 0 fully saturated rings. The van der Waals surface area contributed by atoms with Crippen molar-refractivity contribution in [3.63, 3.8) is 0 Å². The van der Waals surface area contributed by atoms with E-state index in [1.54, 1.807) is 18.2 Å². The van der Waals surface area contributed by atoms with Gasteiger partial charge in [0.05, 0.1) is 28.8 Å². The van der Waals surface area contributed by atoms with Gasteiger partial charge in [0.1, 0.15) is 12.4 Å². The SMILES string of the molecule is COCCN(CC(=O)N1N=C(c2cccs2)C[C@@H]1c1ccccc1F)C(=O)c1ccc(C(F)(F)F)cc1. The number of methoxy groups -OCH3 is 1. The molecule has 0 spiro atoms. The summed E-state index contributed by atoms with van der Waals surface area (Å²) >= 11 is 1.44. The van der Waals surface area contributed by atoms with Gasteiger partial charge in [-0.3, -0.25) is 9.59 Å². The molecular formula is C26H23F4N3O3S. The summed E-state index contributed by atoms with van der Waals surface area (Å²) in [6, 6.07) is 12.9. The highest BCUT2D eigenvalue weighted by atomic mass is 32.1. The number of halogens is 4. The summed E-state index contributed by atoms with van der Waals surface area (Å²) in [6.45, 7) is -0.308. The van der Waals surface area contributed by atoms with Crippen LogP contribution in [0.15, 0.2) is 71.1 Å². The summed E-state index contributed by atoms with van der Waals surface area (Å²) in [6.07, 6.45) is -4.25. The van der Waals surface area contributed by atoms with Crippen molar-refractivity contribution in [3.8, 4) is 0 Å². The minimum absolute atomic E-state index is 0.00763. The normalized spacial score (nSPS) is 15.5. The fraction of sp³-hybridized carbons (Fsp3) is 0.269. The van der Waals surface area contributed by atoms with Gasteiger partial charge in [-0.25, -0.2) is 9.40 Å². The maximum absolute atomic E-state index is 14.7. The first-order valence-electron chi connectivity index (χ1n) is 11.3. The lowest BCUT2D eigenvalue weighted by molar-refractivity contribution is -0.137. The summed E-state index contributed by atoms with van der Waals surface area (Å²) in [4.78, 5) is 28.6. The maximum atomic E-state index is 14.7. The Labute approximate surface area is 214 Å². The van der Waals surface area contributed by atoms with Gasteiger partial charge in [-0.2, -0.15) is 18.3 Å². The molecule has 2 amide bonds. The molecule has 0 saturated carbocycles. The molecule has 3 aromatic rings. The number of amides is 2. The van der Waals surface area contributed by atoms with Gasteiger partial charge in [0.2, 0.25) is 0 Å². The zero-order valence-corrected chi connectivity index (χ0v) is 20.6. The molecule has 6 nitrogen and oxygen atoms in total. The van der Waals surface area contributed by atoms with Crippen LogP contribution < -0.4 is 0 Å². The Balaban J connectivity index is 1.60. The van der Waals surface area contributed by atoms with Crippen LogP contribution >= 0.6 is 11.3 Å². The second-order valence-electron chi connectivity index (χ2n) is 8.30. The van der Waals surface area contributed by atoms with Crippen LogP contribution in [-0.4, -0.2) is 54.2 Å². The van der Waals surface area contributed by atoms with E-state index >= 15 is 0 Å². The van der Waals surface area contributed by atoms with E-state index < -0.39 is 42.0 Å². The van der Waals surface area contributed by atoms with Crippen molar-refractivity contribution in [2.75, 3.05) is 26.8 Å². The number of rotatable bonds is 8. The third-order valence-corrected chi connectivity index (χ3v) is 6.79. The molecule has 0 aliphatic carbocycles. The van der Waals surface area contributed by atoms with E-state index in [1.807, 2.05) is 17.5 Å². The van der Waals surface area contributed by atoms with Gasteiger partial charge < -0.3 is 9.64 Å². The molecule has 0 radical (unpaired) electrons. The molecule has 11 heteroatoms. The number of ether oxygens (including phenoxy) is 1. The van der Waals surface area contributed by atoms with Crippen LogP contribution in [-0.2, 0) is 15.7 Å². The summed E-state index contributed by atoms with van der Waals surface area (Å²) in [7, 11) is 1.43. The molecular weight excluding hydrogens is 510 g/mol. The minimum atomic E-state index is -4.54. The van der Waals surface area contributed by atoms with Crippen molar-refractivity contribution >= 4 is 28.9 Å². The molecule has 2 aromatic carbocycles. The Hall–Kier alpha value is -3.57. The van der Waals surface area contributed by atoms with Crippen LogP contribution in [0.2, 0.25) is 0 Å². The number of benzene rings is 2. The number of carbonyl (C=O) groups is 2. The Morgan fingerprint density at radius 1 is 1.11 bits per heavy atom. The van der Waals surface area contributed by atoms with Gasteiger partial charge in [0.15, 0.2) is 0 Å². The Morgan fingerprint density at radius 3 is 2.46 bits per heavy atom. The van der Waals surface area contributed by atoms with Crippen molar-refractivity contribution in [2.45, 2.75) is 18.6 Å². The highest BCUT2D eigenvalue weighted by Crippen LogP contribution is 2.35. The Kier molecular flexibility index (Phi) is 8.03. The van der Waals surface area contributed by atoms with Crippen LogP contribution in [0.3, 0.4) is 0 Å². The Bertz CT molecular complexity index is 1280. The van der Waals surface area contributed by atoms with Crippen LogP contribution in [0.25, 0.3) is 0 Å². The standard InChI is InChI=1S/C26H23F4N3O3S/c1-36-13-12-32(25(35)17-8-10-18(11-9-17)26(28,29)30)16-24(34)33-22(19-5-2-3-6-20(19)27)15-21(31-33)23-7-4-14-37-23/h2-11,14,22H,12-13,15-16H2,1H3/t22-/m1/s1. The van der Waals surface area contributed by atoms with Gasteiger partial charge in [-0.15, -0.1) is 11.3 Å². The van der Waals surface area contributed by atoms with Gasteiger partial charge in [0, 0.05) is 31.2 Å². The number of hydrazone groups is 1. The van der Waals surface area contributed by atoms with E-state index in [-0.39, 0.29) is 25.1 Å². The van der Waals surface area contributed by atoms with E-state index in [2.05, 4.69) is 5.10 Å². The quantitative estimate of drug-likeness (QED) is 0.366. The number of nitrogens with zero attached hydrogens (tertiary/aromatic N) is 3. The number of hydrogen-bond acceptors (Lipinski definition) is 5. The smallest absolute Gasteiger partial charge is 0.383 e. The Morgan fingerprint density at radius 2 is 1.84 bits per heavy atom. The first kappa shape index (κ1) is 26.5. The predicted octanol–water partition coefficient (Wildman–Crippen LogP) is 5.37. The van der Waals surface area contributed by atoms with E-state index in [4.69, 9.17) is 4.74 Å².